The fourth-order valence-electron chi connectivity index (χ4n) is 2.92. The molecule has 3 rings (SSSR count). The van der Waals surface area contributed by atoms with Crippen molar-refractivity contribution in [3.63, 3.8) is 0 Å². The zero-order valence-corrected chi connectivity index (χ0v) is 15.4. The lowest BCUT2D eigenvalue weighted by Crippen LogP contribution is -2.25. The zero-order chi connectivity index (χ0) is 18.2. The molecule has 0 bridgehead atoms. The summed E-state index contributed by atoms with van der Waals surface area (Å²) >= 11 is 6.12. The van der Waals surface area contributed by atoms with Gasteiger partial charge in [-0.3, -0.25) is 4.79 Å². The van der Waals surface area contributed by atoms with E-state index >= 15 is 0 Å². The fourth-order valence-corrected chi connectivity index (χ4v) is 3.13. The van der Waals surface area contributed by atoms with Crippen molar-refractivity contribution in [3.8, 4) is 0 Å². The lowest BCUT2D eigenvalue weighted by atomic mass is 9.97. The molecule has 0 spiro atoms. The summed E-state index contributed by atoms with van der Waals surface area (Å²) in [5, 5.41) is 6.74. The molecule has 2 aromatic rings. The third kappa shape index (κ3) is 5.30. The second kappa shape index (κ2) is 9.34. The van der Waals surface area contributed by atoms with Gasteiger partial charge in [0.05, 0.1) is 5.56 Å². The first-order chi connectivity index (χ1) is 12.7. The SMILES string of the molecule is O=C(NCCC1=CCCCC1)c1cnc(NCc2ccccc2Cl)nc1. The van der Waals surface area contributed by atoms with E-state index in [9.17, 15) is 4.79 Å². The largest absolute Gasteiger partial charge is 0.352 e. The van der Waals surface area contributed by atoms with Crippen molar-refractivity contribution in [2.75, 3.05) is 11.9 Å². The van der Waals surface area contributed by atoms with Crippen LogP contribution in [0.25, 0.3) is 0 Å². The van der Waals surface area contributed by atoms with E-state index in [4.69, 9.17) is 11.6 Å². The van der Waals surface area contributed by atoms with Crippen LogP contribution in [0, 0.1) is 0 Å². The summed E-state index contributed by atoms with van der Waals surface area (Å²) in [5.74, 6) is 0.327. The summed E-state index contributed by atoms with van der Waals surface area (Å²) in [7, 11) is 0. The van der Waals surface area contributed by atoms with Crippen LogP contribution in [-0.4, -0.2) is 22.4 Å². The molecule has 5 nitrogen and oxygen atoms in total. The average Bonchev–Trinajstić information content (AvgIpc) is 2.68. The number of carbonyl (C=O) groups is 1. The molecule has 136 valence electrons. The molecule has 0 atom stereocenters. The Balaban J connectivity index is 1.46. The topological polar surface area (TPSA) is 66.9 Å². The molecule has 0 saturated carbocycles. The van der Waals surface area contributed by atoms with Gasteiger partial charge in [0, 0.05) is 30.5 Å². The second-order valence-electron chi connectivity index (χ2n) is 6.35. The first-order valence-corrected chi connectivity index (χ1v) is 9.35. The quantitative estimate of drug-likeness (QED) is 0.710. The molecule has 1 heterocycles. The molecule has 0 radical (unpaired) electrons. The van der Waals surface area contributed by atoms with Crippen LogP contribution in [0.3, 0.4) is 0 Å². The molecule has 2 N–H and O–H groups in total. The van der Waals surface area contributed by atoms with Gasteiger partial charge in [0.25, 0.3) is 5.91 Å². The van der Waals surface area contributed by atoms with E-state index in [1.165, 1.54) is 37.2 Å². The first-order valence-electron chi connectivity index (χ1n) is 8.98. The normalized spacial score (nSPS) is 13.8. The number of nitrogens with zero attached hydrogens (tertiary/aromatic N) is 2. The lowest BCUT2D eigenvalue weighted by molar-refractivity contribution is 0.0953. The Labute approximate surface area is 158 Å². The van der Waals surface area contributed by atoms with Gasteiger partial charge >= 0.3 is 0 Å². The van der Waals surface area contributed by atoms with Gasteiger partial charge in [-0.05, 0) is 43.7 Å². The highest BCUT2D eigenvalue weighted by molar-refractivity contribution is 6.31. The first kappa shape index (κ1) is 18.4. The van der Waals surface area contributed by atoms with Crippen molar-refractivity contribution in [1.82, 2.24) is 15.3 Å². The number of rotatable bonds is 7. The van der Waals surface area contributed by atoms with Crippen molar-refractivity contribution in [3.05, 3.63) is 64.5 Å². The monoisotopic (exact) mass is 370 g/mol. The minimum Gasteiger partial charge on any atom is -0.352 e. The molecular weight excluding hydrogens is 348 g/mol. The molecule has 1 aromatic heterocycles. The summed E-state index contributed by atoms with van der Waals surface area (Å²) in [5.41, 5.74) is 2.88. The lowest BCUT2D eigenvalue weighted by Gasteiger charge is -2.13. The van der Waals surface area contributed by atoms with Crippen LogP contribution in [0.15, 0.2) is 48.3 Å². The minimum atomic E-state index is -0.140. The summed E-state index contributed by atoms with van der Waals surface area (Å²) in [6.45, 7) is 1.18. The molecule has 1 aliphatic carbocycles. The van der Waals surface area contributed by atoms with Gasteiger partial charge in [-0.25, -0.2) is 9.97 Å². The predicted octanol–water partition coefficient (Wildman–Crippen LogP) is 4.36. The number of hydrogen-bond acceptors (Lipinski definition) is 4. The fraction of sp³-hybridized carbons (Fsp3) is 0.350. The van der Waals surface area contributed by atoms with Gasteiger partial charge in [0.15, 0.2) is 0 Å². The highest BCUT2D eigenvalue weighted by atomic mass is 35.5. The van der Waals surface area contributed by atoms with Gasteiger partial charge in [-0.2, -0.15) is 0 Å². The highest BCUT2D eigenvalue weighted by Crippen LogP contribution is 2.19. The Morgan fingerprint density at radius 3 is 2.69 bits per heavy atom. The molecule has 26 heavy (non-hydrogen) atoms. The average molecular weight is 371 g/mol. The van der Waals surface area contributed by atoms with Crippen LogP contribution in [0.5, 0.6) is 0 Å². The highest BCUT2D eigenvalue weighted by Gasteiger charge is 2.08. The van der Waals surface area contributed by atoms with E-state index in [2.05, 4.69) is 26.7 Å². The van der Waals surface area contributed by atoms with Crippen molar-refractivity contribution < 1.29 is 4.79 Å². The standard InChI is InChI=1S/C20H23ClN4O/c21-18-9-5-4-8-16(18)12-23-20-24-13-17(14-25-20)19(26)22-11-10-15-6-2-1-3-7-15/h4-6,8-9,13-14H,1-3,7,10-12H2,(H,22,26)(H,23,24,25). The van der Waals surface area contributed by atoms with Crippen LogP contribution < -0.4 is 10.6 Å². The van der Waals surface area contributed by atoms with Gasteiger partial charge < -0.3 is 10.6 Å². The predicted molar refractivity (Wildman–Crippen MR) is 104 cm³/mol. The second-order valence-corrected chi connectivity index (χ2v) is 6.76. The molecular formula is C20H23ClN4O. The number of carbonyl (C=O) groups excluding carboxylic acids is 1. The third-order valence-electron chi connectivity index (χ3n) is 4.43. The van der Waals surface area contributed by atoms with E-state index in [0.717, 1.165) is 18.4 Å². The van der Waals surface area contributed by atoms with E-state index in [1.54, 1.807) is 0 Å². The van der Waals surface area contributed by atoms with Crippen LogP contribution in [-0.2, 0) is 6.54 Å². The van der Waals surface area contributed by atoms with Crippen molar-refractivity contribution in [2.45, 2.75) is 38.6 Å². The number of amides is 1. The Kier molecular flexibility index (Phi) is 6.61. The third-order valence-corrected chi connectivity index (χ3v) is 4.79. The van der Waals surface area contributed by atoms with Gasteiger partial charge in [0.2, 0.25) is 5.95 Å². The van der Waals surface area contributed by atoms with E-state index in [-0.39, 0.29) is 5.91 Å². The molecule has 1 amide bonds. The van der Waals surface area contributed by atoms with Crippen molar-refractivity contribution >= 4 is 23.5 Å². The van der Waals surface area contributed by atoms with Crippen molar-refractivity contribution in [1.29, 1.82) is 0 Å². The minimum absolute atomic E-state index is 0.140. The molecule has 0 saturated heterocycles. The molecule has 1 aromatic carbocycles. The van der Waals surface area contributed by atoms with Gasteiger partial charge in [-0.15, -0.1) is 0 Å². The van der Waals surface area contributed by atoms with Crippen LogP contribution >= 0.6 is 11.6 Å². The number of anilines is 1. The molecule has 0 aliphatic heterocycles. The molecule has 1 aliphatic rings. The van der Waals surface area contributed by atoms with Crippen LogP contribution in [0.2, 0.25) is 5.02 Å². The summed E-state index contributed by atoms with van der Waals surface area (Å²) in [4.78, 5) is 20.6. The smallest absolute Gasteiger partial charge is 0.254 e. The number of nitrogens with one attached hydrogen (secondary N) is 2. The van der Waals surface area contributed by atoms with E-state index in [1.807, 2.05) is 24.3 Å². The number of hydrogen-bond donors (Lipinski definition) is 2. The number of aromatic nitrogens is 2. The summed E-state index contributed by atoms with van der Waals surface area (Å²) in [6.07, 6.45) is 11.2. The van der Waals surface area contributed by atoms with Crippen LogP contribution in [0.4, 0.5) is 5.95 Å². The van der Waals surface area contributed by atoms with Gasteiger partial charge in [-0.1, -0.05) is 41.4 Å². The number of halogens is 1. The van der Waals surface area contributed by atoms with E-state index in [0.29, 0.717) is 29.6 Å². The Morgan fingerprint density at radius 2 is 1.96 bits per heavy atom. The Morgan fingerprint density at radius 1 is 1.15 bits per heavy atom. The summed E-state index contributed by atoms with van der Waals surface area (Å²) in [6, 6.07) is 7.61. The van der Waals surface area contributed by atoms with Gasteiger partial charge in [0.1, 0.15) is 0 Å². The number of benzene rings is 1. The Bertz CT molecular complexity index is 774. The maximum Gasteiger partial charge on any atom is 0.254 e. The molecule has 0 fully saturated rings. The van der Waals surface area contributed by atoms with E-state index < -0.39 is 0 Å². The van der Waals surface area contributed by atoms with Crippen molar-refractivity contribution in [2.24, 2.45) is 0 Å². The molecule has 6 heteroatoms. The maximum atomic E-state index is 12.2. The summed E-state index contributed by atoms with van der Waals surface area (Å²) < 4.78 is 0. The Hall–Kier alpha value is -2.40. The maximum absolute atomic E-state index is 12.2. The number of allylic oxidation sites excluding steroid dienone is 1. The van der Waals surface area contributed by atoms with Crippen LogP contribution in [0.1, 0.15) is 48.0 Å². The molecule has 0 unspecified atom stereocenters. The zero-order valence-electron chi connectivity index (χ0n) is 14.7.